The van der Waals surface area contributed by atoms with Gasteiger partial charge in [-0.1, -0.05) is 12.1 Å². The molecule has 0 fully saturated rings. The summed E-state index contributed by atoms with van der Waals surface area (Å²) in [6.45, 7) is 4.69. The molecule has 1 heterocycles. The molecule has 0 N–H and O–H groups in total. The SMILES string of the molecule is [B]N(Cc1cnc(C)c(OCc2cccc(C#N)c2)c1C)c1ccc(C#N)cc1. The van der Waals surface area contributed by atoms with E-state index in [0.717, 1.165) is 33.8 Å². The second-order valence-corrected chi connectivity index (χ2v) is 6.71. The van der Waals surface area contributed by atoms with Gasteiger partial charge in [-0.15, -0.1) is 0 Å². The normalized spacial score (nSPS) is 10.1. The first-order valence-corrected chi connectivity index (χ1v) is 9.11. The standard InChI is InChI=1S/C23H19BN4O/c1-16-21(14-28(24)22-8-6-18(11-25)7-9-22)13-27-17(2)23(16)29-15-20-5-3-4-19(10-20)12-26/h3-10,13H,14-15H2,1-2H3. The van der Waals surface area contributed by atoms with E-state index in [-0.39, 0.29) is 0 Å². The lowest BCUT2D eigenvalue weighted by molar-refractivity contribution is 0.300. The van der Waals surface area contributed by atoms with Crippen LogP contribution in [0.2, 0.25) is 0 Å². The Labute approximate surface area is 172 Å². The lowest BCUT2D eigenvalue weighted by atomic mass is 10.1. The molecule has 2 radical (unpaired) electrons. The molecule has 0 spiro atoms. The van der Waals surface area contributed by atoms with Crippen LogP contribution in [0, 0.1) is 36.5 Å². The number of nitrogens with zero attached hydrogens (tertiary/aromatic N) is 4. The van der Waals surface area contributed by atoms with Crippen LogP contribution in [0.3, 0.4) is 0 Å². The monoisotopic (exact) mass is 378 g/mol. The van der Waals surface area contributed by atoms with Gasteiger partial charge in [-0.2, -0.15) is 10.5 Å². The lowest BCUT2D eigenvalue weighted by Crippen LogP contribution is -2.19. The van der Waals surface area contributed by atoms with E-state index in [9.17, 15) is 0 Å². The van der Waals surface area contributed by atoms with Gasteiger partial charge in [-0.25, -0.2) is 0 Å². The average molecular weight is 378 g/mol. The van der Waals surface area contributed by atoms with Crippen LogP contribution in [0.5, 0.6) is 5.75 Å². The van der Waals surface area contributed by atoms with Crippen molar-refractivity contribution < 1.29 is 4.74 Å². The first-order chi connectivity index (χ1) is 14.0. The van der Waals surface area contributed by atoms with Crippen molar-refractivity contribution >= 4 is 13.7 Å². The van der Waals surface area contributed by atoms with Crippen molar-refractivity contribution in [3.8, 4) is 17.9 Å². The number of aromatic nitrogens is 1. The molecule has 0 aliphatic carbocycles. The van der Waals surface area contributed by atoms with Crippen LogP contribution in [0.15, 0.2) is 54.7 Å². The Balaban J connectivity index is 1.77. The van der Waals surface area contributed by atoms with Crippen molar-refractivity contribution in [1.29, 1.82) is 10.5 Å². The maximum absolute atomic E-state index is 9.05. The van der Waals surface area contributed by atoms with E-state index in [4.69, 9.17) is 23.2 Å². The van der Waals surface area contributed by atoms with Crippen LogP contribution in [0.1, 0.15) is 33.5 Å². The van der Waals surface area contributed by atoms with Gasteiger partial charge < -0.3 is 9.55 Å². The van der Waals surface area contributed by atoms with E-state index in [1.165, 1.54) is 0 Å². The van der Waals surface area contributed by atoms with Crippen molar-refractivity contribution in [1.82, 2.24) is 4.98 Å². The van der Waals surface area contributed by atoms with Crippen molar-refractivity contribution in [3.05, 3.63) is 88.2 Å². The smallest absolute Gasteiger partial charge is 0.227 e. The summed E-state index contributed by atoms with van der Waals surface area (Å²) in [5, 5.41) is 18.0. The topological polar surface area (TPSA) is 72.9 Å². The maximum Gasteiger partial charge on any atom is 0.227 e. The molecule has 0 amide bonds. The number of ether oxygens (including phenoxy) is 1. The highest BCUT2D eigenvalue weighted by molar-refractivity contribution is 6.17. The van der Waals surface area contributed by atoms with Gasteiger partial charge in [0.1, 0.15) is 12.4 Å². The molecular weight excluding hydrogens is 359 g/mol. The summed E-state index contributed by atoms with van der Waals surface area (Å²) in [6, 6.07) is 18.7. The third kappa shape index (κ3) is 4.75. The Morgan fingerprint density at radius 1 is 1.03 bits per heavy atom. The summed E-state index contributed by atoms with van der Waals surface area (Å²) in [5.74, 6) is 0.720. The summed E-state index contributed by atoms with van der Waals surface area (Å²) in [7, 11) is 6.22. The number of anilines is 1. The Kier molecular flexibility index (Phi) is 6.17. The molecule has 0 atom stereocenters. The molecule has 0 saturated carbocycles. The van der Waals surface area contributed by atoms with Crippen LogP contribution in [0.25, 0.3) is 0 Å². The van der Waals surface area contributed by atoms with Crippen LogP contribution in [0.4, 0.5) is 5.69 Å². The minimum atomic E-state index is 0.351. The first kappa shape index (κ1) is 20.0. The van der Waals surface area contributed by atoms with Gasteiger partial charge in [0.15, 0.2) is 0 Å². The molecule has 3 rings (SSSR count). The van der Waals surface area contributed by atoms with E-state index in [0.29, 0.717) is 24.3 Å². The summed E-state index contributed by atoms with van der Waals surface area (Å²) >= 11 is 0. The molecule has 0 saturated heterocycles. The molecule has 5 nitrogen and oxygen atoms in total. The second kappa shape index (κ2) is 8.95. The van der Waals surface area contributed by atoms with Crippen molar-refractivity contribution in [2.75, 3.05) is 4.81 Å². The van der Waals surface area contributed by atoms with Crippen molar-refractivity contribution in [2.24, 2.45) is 0 Å². The minimum absolute atomic E-state index is 0.351. The number of aryl methyl sites for hydroxylation is 1. The van der Waals surface area contributed by atoms with E-state index in [1.807, 2.05) is 44.2 Å². The highest BCUT2D eigenvalue weighted by Gasteiger charge is 2.13. The van der Waals surface area contributed by atoms with Crippen LogP contribution >= 0.6 is 0 Å². The summed E-state index contributed by atoms with van der Waals surface area (Å²) < 4.78 is 6.04. The zero-order valence-corrected chi connectivity index (χ0v) is 16.4. The molecule has 140 valence electrons. The second-order valence-electron chi connectivity index (χ2n) is 6.71. The van der Waals surface area contributed by atoms with Gasteiger partial charge >= 0.3 is 0 Å². The molecular formula is C23H19BN4O. The van der Waals surface area contributed by atoms with Gasteiger partial charge in [0.25, 0.3) is 0 Å². The van der Waals surface area contributed by atoms with E-state index < -0.39 is 0 Å². The molecule has 3 aromatic rings. The minimum Gasteiger partial charge on any atom is -0.487 e. The van der Waals surface area contributed by atoms with Crippen molar-refractivity contribution in [2.45, 2.75) is 27.0 Å². The number of pyridine rings is 1. The largest absolute Gasteiger partial charge is 0.487 e. The summed E-state index contributed by atoms with van der Waals surface area (Å²) in [4.78, 5) is 6.07. The molecule has 29 heavy (non-hydrogen) atoms. The summed E-state index contributed by atoms with van der Waals surface area (Å²) in [6.07, 6.45) is 1.80. The molecule has 0 aliphatic rings. The number of benzene rings is 2. The zero-order valence-electron chi connectivity index (χ0n) is 16.4. The van der Waals surface area contributed by atoms with Gasteiger partial charge in [0.05, 0.1) is 29.0 Å². The molecule has 6 heteroatoms. The Bertz CT molecular complexity index is 1100. The number of hydrogen-bond acceptors (Lipinski definition) is 5. The fourth-order valence-corrected chi connectivity index (χ4v) is 3.01. The fraction of sp³-hybridized carbons (Fsp3) is 0.174. The lowest BCUT2D eigenvalue weighted by Gasteiger charge is -2.22. The maximum atomic E-state index is 9.05. The first-order valence-electron chi connectivity index (χ1n) is 9.11. The van der Waals surface area contributed by atoms with Gasteiger partial charge in [-0.3, -0.25) is 4.98 Å². The Morgan fingerprint density at radius 3 is 2.45 bits per heavy atom. The van der Waals surface area contributed by atoms with Crippen molar-refractivity contribution in [3.63, 3.8) is 0 Å². The summed E-state index contributed by atoms with van der Waals surface area (Å²) in [5.41, 5.74) is 5.64. The van der Waals surface area contributed by atoms with Gasteiger partial charge in [0, 0.05) is 18.4 Å². The van der Waals surface area contributed by atoms with Crippen LogP contribution in [-0.2, 0) is 13.2 Å². The predicted molar refractivity (Wildman–Crippen MR) is 112 cm³/mol. The number of rotatable bonds is 6. The molecule has 1 aromatic heterocycles. The molecule has 0 unspecified atom stereocenters. The van der Waals surface area contributed by atoms with Gasteiger partial charge in [-0.05, 0) is 66.9 Å². The van der Waals surface area contributed by atoms with Crippen LogP contribution < -0.4 is 9.55 Å². The highest BCUT2D eigenvalue weighted by atomic mass is 16.5. The Morgan fingerprint density at radius 2 is 1.76 bits per heavy atom. The van der Waals surface area contributed by atoms with Gasteiger partial charge in [0.2, 0.25) is 7.98 Å². The molecule has 2 aromatic carbocycles. The number of hydrogen-bond donors (Lipinski definition) is 0. The number of nitriles is 2. The van der Waals surface area contributed by atoms with E-state index >= 15 is 0 Å². The predicted octanol–water partition coefficient (Wildman–Crippen LogP) is 4.11. The highest BCUT2D eigenvalue weighted by Crippen LogP contribution is 2.27. The average Bonchev–Trinajstić information content (AvgIpc) is 2.75. The van der Waals surface area contributed by atoms with Crippen LogP contribution in [-0.4, -0.2) is 13.0 Å². The molecule has 0 aliphatic heterocycles. The fourth-order valence-electron chi connectivity index (χ4n) is 3.01. The zero-order chi connectivity index (χ0) is 20.8. The van der Waals surface area contributed by atoms with E-state index in [1.54, 1.807) is 29.2 Å². The molecule has 0 bridgehead atoms. The quantitative estimate of drug-likeness (QED) is 0.604. The third-order valence-electron chi connectivity index (χ3n) is 4.67. The van der Waals surface area contributed by atoms with E-state index in [2.05, 4.69) is 17.1 Å². The third-order valence-corrected chi connectivity index (χ3v) is 4.67. The Hall–Kier alpha value is -3.77.